The Morgan fingerprint density at radius 1 is 0.931 bits per heavy atom. The largest absolute Gasteiger partial charge is 0.493 e. The van der Waals surface area contributed by atoms with E-state index in [2.05, 4.69) is 56.6 Å². The number of aromatic carboxylic acids is 1. The van der Waals surface area contributed by atoms with E-state index in [0.29, 0.717) is 83.2 Å². The lowest BCUT2D eigenvalue weighted by atomic mass is 9.80. The highest BCUT2D eigenvalue weighted by Gasteiger charge is 2.34. The van der Waals surface area contributed by atoms with E-state index in [4.69, 9.17) is 9.72 Å². The zero-order valence-corrected chi connectivity index (χ0v) is 41.8. The lowest BCUT2D eigenvalue weighted by Crippen LogP contribution is -2.39. The number of carbonyl (C=O) groups excluding carboxylic acids is 4. The molecule has 4 aromatic carbocycles. The van der Waals surface area contributed by atoms with Gasteiger partial charge in [0.05, 0.1) is 46.2 Å². The molecule has 3 aliphatic heterocycles. The summed E-state index contributed by atoms with van der Waals surface area (Å²) in [7, 11) is 1.78. The fraction of sp³-hybridized carbons (Fsp3) is 0.345. The number of aromatic nitrogens is 4. The minimum atomic E-state index is -1.14. The molecule has 0 radical (unpaired) electrons. The van der Waals surface area contributed by atoms with Crippen molar-refractivity contribution in [1.29, 1.82) is 0 Å². The maximum Gasteiger partial charge on any atom is 0.355 e. The van der Waals surface area contributed by atoms with E-state index in [1.165, 1.54) is 11.3 Å². The normalized spacial score (nSPS) is 17.3. The van der Waals surface area contributed by atoms with Gasteiger partial charge < -0.3 is 20.1 Å². The number of piperidine rings is 1. The van der Waals surface area contributed by atoms with Crippen LogP contribution in [0.25, 0.3) is 32.2 Å². The molecule has 4 amide bonds. The van der Waals surface area contributed by atoms with Crippen LogP contribution >= 0.6 is 11.3 Å². The Labute approximate surface area is 420 Å². The summed E-state index contributed by atoms with van der Waals surface area (Å²) in [6, 6.07) is 26.8. The third-order valence-electron chi connectivity index (χ3n) is 14.2. The van der Waals surface area contributed by atoms with Crippen LogP contribution in [0.3, 0.4) is 0 Å². The van der Waals surface area contributed by atoms with Crippen LogP contribution in [0.15, 0.2) is 84.9 Å². The fourth-order valence-electron chi connectivity index (χ4n) is 10.5. The SMILES string of the molecule is Cc1c(OCC[C@@H]2CCN(CC(=O)Nc3cccc4c(C5CCC(=O)NC5=O)nn(C)c34)C2)cccc1-c1c(C(C)(C)C)cc(N2CCc3cccc(C(=O)Nc4nc5ccccc5s4)c3C2)nc1C(=O)O. The summed E-state index contributed by atoms with van der Waals surface area (Å²) in [5, 5.41) is 25.3. The van der Waals surface area contributed by atoms with Gasteiger partial charge in [-0.05, 0) is 115 Å². The Kier molecular flexibility index (Phi) is 13.1. The number of rotatable bonds is 13. The molecule has 16 nitrogen and oxygen atoms in total. The van der Waals surface area contributed by atoms with Gasteiger partial charge in [-0.25, -0.2) is 14.8 Å². The van der Waals surface area contributed by atoms with Crippen molar-refractivity contribution in [1.82, 2.24) is 30.0 Å². The second-order valence-corrected chi connectivity index (χ2v) is 21.1. The Bertz CT molecular complexity index is 3290. The van der Waals surface area contributed by atoms with E-state index in [1.807, 2.05) is 91.9 Å². The molecule has 370 valence electrons. The smallest absolute Gasteiger partial charge is 0.355 e. The number of fused-ring (bicyclic) bond motifs is 3. The number of anilines is 3. The molecular formula is C55H57N9O7S. The van der Waals surface area contributed by atoms with Gasteiger partial charge in [-0.3, -0.25) is 39.4 Å². The highest BCUT2D eigenvalue weighted by atomic mass is 32.1. The molecule has 72 heavy (non-hydrogen) atoms. The number of hydrogen-bond donors (Lipinski definition) is 4. The topological polar surface area (TPSA) is 201 Å². The van der Waals surface area contributed by atoms with Gasteiger partial charge in [0, 0.05) is 49.6 Å². The minimum absolute atomic E-state index is 0.0469. The van der Waals surface area contributed by atoms with Gasteiger partial charge in [-0.2, -0.15) is 5.10 Å². The first-order valence-corrected chi connectivity index (χ1v) is 25.3. The maximum atomic E-state index is 13.8. The molecule has 4 N–H and O–H groups in total. The number of likely N-dealkylation sites (tertiary alicyclic amines) is 1. The zero-order chi connectivity index (χ0) is 50.4. The highest BCUT2D eigenvalue weighted by molar-refractivity contribution is 7.22. The van der Waals surface area contributed by atoms with E-state index in [9.17, 15) is 29.1 Å². The van der Waals surface area contributed by atoms with Crippen LogP contribution in [0.2, 0.25) is 0 Å². The number of carbonyl (C=O) groups is 5. The molecule has 2 atom stereocenters. The van der Waals surface area contributed by atoms with Gasteiger partial charge in [-0.1, -0.05) is 80.6 Å². The summed E-state index contributed by atoms with van der Waals surface area (Å²) in [5.74, 6) is -1.20. The average molecular weight is 988 g/mol. The first kappa shape index (κ1) is 48.1. The summed E-state index contributed by atoms with van der Waals surface area (Å²) < 4.78 is 9.13. The number of amides is 4. The zero-order valence-electron chi connectivity index (χ0n) is 41.0. The van der Waals surface area contributed by atoms with Crippen molar-refractivity contribution in [3.63, 3.8) is 0 Å². The van der Waals surface area contributed by atoms with Crippen molar-refractivity contribution in [2.75, 3.05) is 48.3 Å². The molecule has 7 aromatic rings. The van der Waals surface area contributed by atoms with Crippen molar-refractivity contribution in [3.05, 3.63) is 124 Å². The predicted octanol–water partition coefficient (Wildman–Crippen LogP) is 8.61. The Balaban J connectivity index is 0.803. The van der Waals surface area contributed by atoms with E-state index in [-0.39, 0.29) is 42.3 Å². The lowest BCUT2D eigenvalue weighted by Gasteiger charge is -2.33. The van der Waals surface area contributed by atoms with Gasteiger partial charge >= 0.3 is 5.97 Å². The standard InChI is InChI=1S/C55H57N9O7S/c1-31-34(12-10-17-42(31)71-26-23-32-21-24-63(28-32)30-46(66)56-41-16-9-14-36-48(61-62(5)50(36)41)37-19-20-45(65)59-52(37)68)47-39(55(2,3)4)27-44(58-49(47)53(69)70)64-25-22-33-11-8-13-35(38(33)29-64)51(67)60-54-57-40-15-6-7-18-43(40)72-54/h6-18,27,32,37H,19-26,28-30H2,1-5H3,(H,56,66)(H,69,70)(H,57,60,67)(H,59,65,68)/t32-,37?/m0/s1. The van der Waals surface area contributed by atoms with Gasteiger partial charge in [-0.15, -0.1) is 0 Å². The van der Waals surface area contributed by atoms with Crippen molar-refractivity contribution in [2.24, 2.45) is 13.0 Å². The fourth-order valence-corrected chi connectivity index (χ4v) is 11.4. The maximum absolute atomic E-state index is 13.8. The van der Waals surface area contributed by atoms with Crippen molar-refractivity contribution in [3.8, 4) is 16.9 Å². The molecule has 0 aliphatic carbocycles. The van der Waals surface area contributed by atoms with Crippen molar-refractivity contribution < 1.29 is 33.8 Å². The predicted molar refractivity (Wildman–Crippen MR) is 278 cm³/mol. The molecule has 1 unspecified atom stereocenters. The first-order valence-electron chi connectivity index (χ1n) is 24.5. The molecule has 10 rings (SSSR count). The van der Waals surface area contributed by atoms with Crippen LogP contribution in [0.1, 0.15) is 101 Å². The van der Waals surface area contributed by atoms with Crippen LogP contribution in [0.5, 0.6) is 5.75 Å². The number of nitrogens with zero attached hydrogens (tertiary/aromatic N) is 6. The second-order valence-electron chi connectivity index (χ2n) is 20.1. The molecule has 17 heteroatoms. The van der Waals surface area contributed by atoms with E-state index in [1.54, 1.807) is 11.7 Å². The summed E-state index contributed by atoms with van der Waals surface area (Å²) in [6.45, 7) is 11.3. The summed E-state index contributed by atoms with van der Waals surface area (Å²) in [6.07, 6.45) is 2.98. The van der Waals surface area contributed by atoms with Gasteiger partial charge in [0.25, 0.3) is 5.91 Å². The van der Waals surface area contributed by atoms with Crippen molar-refractivity contribution in [2.45, 2.75) is 77.7 Å². The number of thiazole rings is 1. The van der Waals surface area contributed by atoms with E-state index < -0.39 is 17.3 Å². The van der Waals surface area contributed by atoms with Gasteiger partial charge in [0.2, 0.25) is 17.7 Å². The molecule has 3 aromatic heterocycles. The Morgan fingerprint density at radius 3 is 2.53 bits per heavy atom. The highest BCUT2D eigenvalue weighted by Crippen LogP contribution is 2.42. The first-order chi connectivity index (χ1) is 34.6. The quantitative estimate of drug-likeness (QED) is 0.0803. The molecular weight excluding hydrogens is 931 g/mol. The summed E-state index contributed by atoms with van der Waals surface area (Å²) in [4.78, 5) is 78.7. The van der Waals surface area contributed by atoms with E-state index >= 15 is 0 Å². The van der Waals surface area contributed by atoms with Gasteiger partial charge in [0.1, 0.15) is 11.6 Å². The number of para-hydroxylation sites is 2. The number of carboxylic acids is 1. The van der Waals surface area contributed by atoms with Gasteiger partial charge in [0.15, 0.2) is 10.8 Å². The van der Waals surface area contributed by atoms with Crippen LogP contribution in [-0.4, -0.2) is 92.1 Å². The second kappa shape index (κ2) is 19.6. The number of imide groups is 1. The number of ether oxygens (including phenoxy) is 1. The summed E-state index contributed by atoms with van der Waals surface area (Å²) >= 11 is 1.43. The number of benzene rings is 4. The third-order valence-corrected chi connectivity index (χ3v) is 15.1. The Hall–Kier alpha value is -7.50. The number of hydrogen-bond acceptors (Lipinski definition) is 12. The van der Waals surface area contributed by atoms with Crippen LogP contribution in [-0.2, 0) is 39.8 Å². The number of carboxylic acid groups (broad SMARTS) is 1. The molecule has 0 bridgehead atoms. The number of pyridine rings is 1. The molecule has 2 saturated heterocycles. The number of aryl methyl sites for hydroxylation is 1. The molecule has 0 saturated carbocycles. The lowest BCUT2D eigenvalue weighted by molar-refractivity contribution is -0.134. The Morgan fingerprint density at radius 2 is 1.74 bits per heavy atom. The monoisotopic (exact) mass is 987 g/mol. The van der Waals surface area contributed by atoms with Crippen LogP contribution in [0.4, 0.5) is 16.6 Å². The molecule has 0 spiro atoms. The molecule has 2 fully saturated rings. The molecule has 3 aliphatic rings. The van der Waals surface area contributed by atoms with Crippen LogP contribution in [0, 0.1) is 12.8 Å². The number of nitrogens with one attached hydrogen (secondary N) is 3. The van der Waals surface area contributed by atoms with Crippen molar-refractivity contribution >= 4 is 78.7 Å². The van der Waals surface area contributed by atoms with Crippen LogP contribution < -0.4 is 25.6 Å². The minimum Gasteiger partial charge on any atom is -0.493 e. The van der Waals surface area contributed by atoms with E-state index in [0.717, 1.165) is 69.4 Å². The third kappa shape index (κ3) is 9.65. The average Bonchev–Trinajstić information content (AvgIpc) is 4.07. The summed E-state index contributed by atoms with van der Waals surface area (Å²) in [5.41, 5.74) is 7.63. The molecule has 6 heterocycles.